The largest absolute Gasteiger partial charge is 0.362 e. The number of carbonyl (C=O) groups excluding carboxylic acids is 1. The predicted octanol–water partition coefficient (Wildman–Crippen LogP) is 3.55. The molecule has 2 aliphatic heterocycles. The van der Waals surface area contributed by atoms with Crippen LogP contribution in [0.4, 0.5) is 8.78 Å². The van der Waals surface area contributed by atoms with Crippen LogP contribution in [-0.2, 0) is 20.7 Å². The number of benzene rings is 1. The number of amides is 1. The topological polar surface area (TPSA) is 172 Å². The summed E-state index contributed by atoms with van der Waals surface area (Å²) in [5, 5.41) is 11.0. The van der Waals surface area contributed by atoms with Crippen molar-refractivity contribution >= 4 is 30.7 Å². The van der Waals surface area contributed by atoms with Crippen molar-refractivity contribution in [1.29, 1.82) is 0 Å². The number of fused-ring (bicyclic) bond motifs is 1. The highest BCUT2D eigenvalue weighted by molar-refractivity contribution is 7.51. The third-order valence-corrected chi connectivity index (χ3v) is 7.97. The van der Waals surface area contributed by atoms with Crippen molar-refractivity contribution in [2.24, 2.45) is 0 Å². The summed E-state index contributed by atoms with van der Waals surface area (Å²) in [6, 6.07) is 3.75. The van der Waals surface area contributed by atoms with Crippen LogP contribution < -0.4 is 0 Å². The van der Waals surface area contributed by atoms with Crippen molar-refractivity contribution in [2.75, 3.05) is 6.35 Å². The molecule has 2 atom stereocenters. The molecule has 0 spiro atoms. The molecule has 0 saturated carbocycles. The highest BCUT2D eigenvalue weighted by Crippen LogP contribution is 2.44. The van der Waals surface area contributed by atoms with Crippen LogP contribution in [0, 0.1) is 11.6 Å². The SMILES string of the molecule is O=C1C=C(c2c(-n3cnnn3)ccc(Cl)c2F)C[C@H]2CC[C@H](c3ncc(-c4ccnc(COCP(=O)(O)O)c4F)[nH]3)N12. The number of ether oxygens (including phenoxy) is 1. The summed E-state index contributed by atoms with van der Waals surface area (Å²) in [5.74, 6) is -1.28. The Morgan fingerprint density at radius 2 is 2.00 bits per heavy atom. The molecule has 17 heteroatoms. The standard InChI is InChI=1S/C25H22ClF2N8O5P/c26-16-2-4-19(35-11-31-33-34-35)22(24(16)28)13-7-14-1-3-20(36(14)21(37)8-13)25-30-9-17(32-25)15-5-6-29-18(23(15)27)10-41-12-42(38,39)40/h2,4-6,8-9,11,14,20H,1,3,7,10,12H2,(H,30,32)(H2,38,39,40)/t14-,20-/m1/s1. The fourth-order valence-corrected chi connectivity index (χ4v) is 5.89. The molecule has 0 unspecified atom stereocenters. The van der Waals surface area contributed by atoms with Crippen LogP contribution in [0.25, 0.3) is 22.5 Å². The van der Waals surface area contributed by atoms with E-state index in [2.05, 4.69) is 30.5 Å². The highest BCUT2D eigenvalue weighted by Gasteiger charge is 2.42. The minimum Gasteiger partial charge on any atom is -0.362 e. The van der Waals surface area contributed by atoms with E-state index in [1.165, 1.54) is 41.6 Å². The Kier molecular flexibility index (Phi) is 7.45. The lowest BCUT2D eigenvalue weighted by atomic mass is 9.92. The number of imidazole rings is 1. The van der Waals surface area contributed by atoms with E-state index in [4.69, 9.17) is 26.1 Å². The van der Waals surface area contributed by atoms with E-state index >= 15 is 8.78 Å². The third-order valence-electron chi connectivity index (χ3n) is 7.16. The number of hydrogen-bond acceptors (Lipinski definition) is 8. The number of carbonyl (C=O) groups is 1. The van der Waals surface area contributed by atoms with Gasteiger partial charge in [0.1, 0.15) is 24.2 Å². The van der Waals surface area contributed by atoms with Crippen LogP contribution in [0.5, 0.6) is 0 Å². The van der Waals surface area contributed by atoms with Crippen molar-refractivity contribution in [3.8, 4) is 16.9 Å². The second-order valence-corrected chi connectivity index (χ2v) is 11.8. The van der Waals surface area contributed by atoms with E-state index in [9.17, 15) is 9.36 Å². The molecule has 6 rings (SSSR count). The number of pyridine rings is 1. The van der Waals surface area contributed by atoms with Gasteiger partial charge in [0.25, 0.3) is 0 Å². The lowest BCUT2D eigenvalue weighted by Gasteiger charge is -2.33. The molecule has 1 fully saturated rings. The average Bonchev–Trinajstić information content (AvgIpc) is 3.71. The third kappa shape index (κ3) is 5.37. The van der Waals surface area contributed by atoms with E-state index in [1.54, 1.807) is 11.0 Å². The zero-order valence-electron chi connectivity index (χ0n) is 21.6. The number of aromatic nitrogens is 7. The van der Waals surface area contributed by atoms with Crippen LogP contribution >= 0.6 is 19.2 Å². The summed E-state index contributed by atoms with van der Waals surface area (Å²) in [7, 11) is -4.41. The van der Waals surface area contributed by atoms with Gasteiger partial charge in [0, 0.05) is 29.4 Å². The molecule has 2 aliphatic rings. The maximum Gasteiger partial charge on any atom is 0.350 e. The van der Waals surface area contributed by atoms with Gasteiger partial charge in [-0.3, -0.25) is 14.3 Å². The number of tetrazole rings is 1. The van der Waals surface area contributed by atoms with Gasteiger partial charge in [-0.05, 0) is 53.5 Å². The van der Waals surface area contributed by atoms with Crippen LogP contribution in [0.3, 0.4) is 0 Å². The summed E-state index contributed by atoms with van der Waals surface area (Å²) >= 11 is 6.09. The Balaban J connectivity index is 1.25. The van der Waals surface area contributed by atoms with Crippen LogP contribution in [0.15, 0.2) is 43.0 Å². The highest BCUT2D eigenvalue weighted by atomic mass is 35.5. The molecule has 3 N–H and O–H groups in total. The first-order valence-corrected chi connectivity index (χ1v) is 14.8. The Morgan fingerprint density at radius 1 is 1.17 bits per heavy atom. The van der Waals surface area contributed by atoms with Crippen molar-refractivity contribution in [3.05, 3.63) is 76.7 Å². The molecule has 1 saturated heterocycles. The van der Waals surface area contributed by atoms with Crippen molar-refractivity contribution < 1.29 is 32.7 Å². The number of nitrogens with one attached hydrogen (secondary N) is 1. The number of halogens is 3. The summed E-state index contributed by atoms with van der Waals surface area (Å²) in [6.07, 6.45) is 6.19. The molecule has 1 amide bonds. The molecule has 4 aromatic rings. The molecule has 218 valence electrons. The first-order chi connectivity index (χ1) is 20.1. The van der Waals surface area contributed by atoms with Gasteiger partial charge in [-0.15, -0.1) is 5.10 Å². The monoisotopic (exact) mass is 618 g/mol. The zero-order chi connectivity index (χ0) is 29.6. The van der Waals surface area contributed by atoms with Gasteiger partial charge < -0.3 is 24.4 Å². The molecular formula is C25H22ClF2N8O5P. The van der Waals surface area contributed by atoms with Crippen LogP contribution in [0.1, 0.15) is 42.4 Å². The summed E-state index contributed by atoms with van der Waals surface area (Å²) in [6.45, 7) is -0.435. The smallest absolute Gasteiger partial charge is 0.350 e. The first-order valence-electron chi connectivity index (χ1n) is 12.7. The minimum atomic E-state index is -4.41. The second kappa shape index (κ2) is 11.1. The van der Waals surface area contributed by atoms with E-state index < -0.39 is 38.2 Å². The Bertz CT molecular complexity index is 1740. The molecule has 5 heterocycles. The van der Waals surface area contributed by atoms with Crippen molar-refractivity contribution in [2.45, 2.75) is 38.0 Å². The maximum absolute atomic E-state index is 15.3. The minimum absolute atomic E-state index is 0.0927. The van der Waals surface area contributed by atoms with Gasteiger partial charge in [-0.1, -0.05) is 11.6 Å². The van der Waals surface area contributed by atoms with E-state index in [0.717, 1.165) is 0 Å². The summed E-state index contributed by atoms with van der Waals surface area (Å²) < 4.78 is 47.7. The molecule has 0 radical (unpaired) electrons. The number of nitrogens with zero attached hydrogens (tertiary/aromatic N) is 7. The molecule has 1 aromatic carbocycles. The van der Waals surface area contributed by atoms with Gasteiger partial charge in [0.2, 0.25) is 5.91 Å². The lowest BCUT2D eigenvalue weighted by molar-refractivity contribution is -0.129. The van der Waals surface area contributed by atoms with E-state index in [1.807, 2.05) is 0 Å². The Labute approximate surface area is 241 Å². The van der Waals surface area contributed by atoms with Gasteiger partial charge in [0.15, 0.2) is 11.6 Å². The fourth-order valence-electron chi connectivity index (χ4n) is 5.40. The lowest BCUT2D eigenvalue weighted by Crippen LogP contribution is -2.39. The Hall–Kier alpha value is -3.88. The molecule has 0 aliphatic carbocycles. The second-order valence-electron chi connectivity index (χ2n) is 9.82. The number of aromatic amines is 1. The Morgan fingerprint density at radius 3 is 2.76 bits per heavy atom. The van der Waals surface area contributed by atoms with Crippen molar-refractivity contribution in [3.63, 3.8) is 0 Å². The van der Waals surface area contributed by atoms with E-state index in [-0.39, 0.29) is 33.8 Å². The fraction of sp³-hybridized carbons (Fsp3) is 0.280. The van der Waals surface area contributed by atoms with Gasteiger partial charge in [0.05, 0.1) is 35.2 Å². The molecule has 0 bridgehead atoms. The van der Waals surface area contributed by atoms with Gasteiger partial charge >= 0.3 is 7.60 Å². The zero-order valence-corrected chi connectivity index (χ0v) is 23.2. The number of rotatable bonds is 8. The molecule has 3 aromatic heterocycles. The van der Waals surface area contributed by atoms with Crippen molar-refractivity contribution in [1.82, 2.24) is 40.1 Å². The molecular weight excluding hydrogens is 597 g/mol. The van der Waals surface area contributed by atoms with E-state index in [0.29, 0.717) is 42.0 Å². The average molecular weight is 619 g/mol. The number of hydrogen-bond donors (Lipinski definition) is 3. The van der Waals surface area contributed by atoms with Crippen LogP contribution in [-0.4, -0.2) is 68.1 Å². The van der Waals surface area contributed by atoms with Crippen LogP contribution in [0.2, 0.25) is 5.02 Å². The molecule has 42 heavy (non-hydrogen) atoms. The van der Waals surface area contributed by atoms with Gasteiger partial charge in [-0.25, -0.2) is 13.8 Å². The predicted molar refractivity (Wildman–Crippen MR) is 143 cm³/mol. The first kappa shape index (κ1) is 28.2. The van der Waals surface area contributed by atoms with Gasteiger partial charge in [-0.2, -0.15) is 4.68 Å². The number of H-pyrrole nitrogens is 1. The summed E-state index contributed by atoms with van der Waals surface area (Å²) in [5.41, 5.74) is 1.31. The normalized spacial score (nSPS) is 18.8. The maximum atomic E-state index is 15.3. The molecule has 13 nitrogen and oxygen atoms in total. The summed E-state index contributed by atoms with van der Waals surface area (Å²) in [4.78, 5) is 44.5. The quantitative estimate of drug-likeness (QED) is 0.248.